The van der Waals surface area contributed by atoms with Crippen LogP contribution in [0.3, 0.4) is 0 Å². The van der Waals surface area contributed by atoms with Crippen molar-refractivity contribution in [1.29, 1.82) is 0 Å². The fraction of sp³-hybridized carbons (Fsp3) is 0.636. The average Bonchev–Trinajstić information content (AvgIpc) is 2.61. The molecule has 1 aromatic rings. The topological polar surface area (TPSA) is 50.2 Å². The van der Waals surface area contributed by atoms with Gasteiger partial charge in [0.1, 0.15) is 5.01 Å². The van der Waals surface area contributed by atoms with Crippen molar-refractivity contribution in [3.8, 4) is 0 Å². The molecular weight excluding hydrogens is 242 g/mol. The van der Waals surface area contributed by atoms with Gasteiger partial charge in [0.15, 0.2) is 0 Å². The minimum Gasteiger partial charge on any atom is -0.480 e. The fourth-order valence-electron chi connectivity index (χ4n) is 0.989. The van der Waals surface area contributed by atoms with Gasteiger partial charge in [-0.2, -0.15) is 0 Å². The van der Waals surface area contributed by atoms with E-state index >= 15 is 0 Å². The molecule has 0 aromatic carbocycles. The Morgan fingerprint density at radius 2 is 2.25 bits per heavy atom. The molecule has 0 spiro atoms. The number of thioether (sulfide) groups is 1. The summed E-state index contributed by atoms with van der Waals surface area (Å²) in [5.74, 6) is -0.0913. The van der Waals surface area contributed by atoms with E-state index in [1.807, 2.05) is 0 Å². The Morgan fingerprint density at radius 3 is 2.69 bits per heavy atom. The molecule has 0 amide bonds. The lowest BCUT2D eigenvalue weighted by Crippen LogP contribution is -2.12. The summed E-state index contributed by atoms with van der Waals surface area (Å²) in [5, 5.41) is 11.4. The van der Waals surface area contributed by atoms with E-state index in [0.29, 0.717) is 5.75 Å². The largest absolute Gasteiger partial charge is 0.480 e. The molecule has 1 N–H and O–H groups in total. The number of carboxylic acid groups (broad SMARTS) is 1. The summed E-state index contributed by atoms with van der Waals surface area (Å²) in [5.41, 5.74) is 1.15. The molecule has 0 fully saturated rings. The molecule has 0 aliphatic rings. The van der Waals surface area contributed by atoms with Gasteiger partial charge in [-0.05, 0) is 6.92 Å². The second-order valence-electron chi connectivity index (χ2n) is 4.67. The Balaban J connectivity index is 2.57. The van der Waals surface area contributed by atoms with Crippen LogP contribution < -0.4 is 0 Å². The first kappa shape index (κ1) is 13.5. The number of rotatable bonds is 4. The molecule has 5 heteroatoms. The molecule has 0 aliphatic carbocycles. The molecular formula is C11H17NO2S2. The van der Waals surface area contributed by atoms with Crippen LogP contribution in [0.1, 0.15) is 38.4 Å². The van der Waals surface area contributed by atoms with Crippen LogP contribution in [-0.4, -0.2) is 21.3 Å². The van der Waals surface area contributed by atoms with Crippen LogP contribution in [0.15, 0.2) is 5.38 Å². The predicted octanol–water partition coefficient (Wildman–Crippen LogP) is 3.15. The van der Waals surface area contributed by atoms with E-state index in [1.165, 1.54) is 11.8 Å². The van der Waals surface area contributed by atoms with Crippen molar-refractivity contribution in [2.24, 2.45) is 0 Å². The normalized spacial score (nSPS) is 13.8. The summed E-state index contributed by atoms with van der Waals surface area (Å²) in [4.78, 5) is 15.2. The molecule has 1 rings (SSSR count). The highest BCUT2D eigenvalue weighted by Crippen LogP contribution is 2.26. The first-order chi connectivity index (χ1) is 7.30. The van der Waals surface area contributed by atoms with Crippen LogP contribution in [0.2, 0.25) is 0 Å². The highest BCUT2D eigenvalue weighted by molar-refractivity contribution is 7.99. The summed E-state index contributed by atoms with van der Waals surface area (Å²) in [7, 11) is 0. The number of hydrogen-bond acceptors (Lipinski definition) is 4. The van der Waals surface area contributed by atoms with Crippen LogP contribution in [0.5, 0.6) is 0 Å². The van der Waals surface area contributed by atoms with Crippen LogP contribution in [0.25, 0.3) is 0 Å². The Hall–Kier alpha value is -0.550. The summed E-state index contributed by atoms with van der Waals surface area (Å²) < 4.78 is 0. The Labute approximate surface area is 104 Å². The third-order valence-electron chi connectivity index (χ3n) is 2.12. The number of hydrogen-bond donors (Lipinski definition) is 1. The van der Waals surface area contributed by atoms with E-state index in [0.717, 1.165) is 10.7 Å². The van der Waals surface area contributed by atoms with Crippen LogP contribution >= 0.6 is 23.1 Å². The van der Waals surface area contributed by atoms with Crippen molar-refractivity contribution in [2.75, 3.05) is 0 Å². The van der Waals surface area contributed by atoms with Crippen molar-refractivity contribution >= 4 is 29.1 Å². The number of aromatic nitrogens is 1. The van der Waals surface area contributed by atoms with E-state index < -0.39 is 5.97 Å². The predicted molar refractivity (Wildman–Crippen MR) is 69.2 cm³/mol. The molecule has 0 aliphatic heterocycles. The Kier molecular flexibility index (Phi) is 4.38. The zero-order chi connectivity index (χ0) is 12.3. The van der Waals surface area contributed by atoms with E-state index in [-0.39, 0.29) is 10.7 Å². The Bertz CT molecular complexity index is 368. The van der Waals surface area contributed by atoms with Gasteiger partial charge in [-0.1, -0.05) is 20.8 Å². The molecule has 3 nitrogen and oxygen atoms in total. The highest BCUT2D eigenvalue weighted by Gasteiger charge is 2.18. The first-order valence-corrected chi connectivity index (χ1v) is 7.03. The number of nitrogens with zero attached hydrogens (tertiary/aromatic N) is 1. The van der Waals surface area contributed by atoms with Crippen LogP contribution in [0, 0.1) is 0 Å². The maximum atomic E-state index is 10.6. The standard InChI is InChI=1S/C11H17NO2S2/c1-7(10(13)14)15-6-9-12-8(5-16-9)11(2,3)4/h5,7H,6H2,1-4H3,(H,13,14). The van der Waals surface area contributed by atoms with Crippen molar-refractivity contribution in [3.05, 3.63) is 16.1 Å². The van der Waals surface area contributed by atoms with Gasteiger partial charge in [0.05, 0.1) is 10.9 Å². The van der Waals surface area contributed by atoms with Gasteiger partial charge in [0, 0.05) is 16.5 Å². The molecule has 0 saturated carbocycles. The quantitative estimate of drug-likeness (QED) is 0.902. The minimum atomic E-state index is -0.766. The smallest absolute Gasteiger partial charge is 0.316 e. The van der Waals surface area contributed by atoms with Crippen molar-refractivity contribution in [1.82, 2.24) is 4.98 Å². The van der Waals surface area contributed by atoms with E-state index in [2.05, 4.69) is 31.1 Å². The minimum absolute atomic E-state index is 0.0673. The average molecular weight is 259 g/mol. The third-order valence-corrected chi connectivity index (χ3v) is 4.30. The number of carbonyl (C=O) groups is 1. The first-order valence-electron chi connectivity index (χ1n) is 5.10. The summed E-state index contributed by atoms with van der Waals surface area (Å²) in [6.45, 7) is 8.07. The van der Waals surface area contributed by atoms with E-state index in [4.69, 9.17) is 5.11 Å². The van der Waals surface area contributed by atoms with Gasteiger partial charge in [-0.3, -0.25) is 4.79 Å². The summed E-state index contributed by atoms with van der Waals surface area (Å²) in [6.07, 6.45) is 0. The zero-order valence-electron chi connectivity index (χ0n) is 9.98. The molecule has 16 heavy (non-hydrogen) atoms. The van der Waals surface area contributed by atoms with E-state index in [9.17, 15) is 4.79 Å². The summed E-state index contributed by atoms with van der Waals surface area (Å²) >= 11 is 3.02. The fourth-order valence-corrected chi connectivity index (χ4v) is 2.87. The van der Waals surface area contributed by atoms with Gasteiger partial charge in [-0.15, -0.1) is 23.1 Å². The molecule has 1 aromatic heterocycles. The Morgan fingerprint density at radius 1 is 1.62 bits per heavy atom. The molecule has 0 bridgehead atoms. The SMILES string of the molecule is CC(SCc1nc(C(C)(C)C)cs1)C(=O)O. The lowest BCUT2D eigenvalue weighted by molar-refractivity contribution is -0.136. The number of carboxylic acids is 1. The van der Waals surface area contributed by atoms with Crippen molar-refractivity contribution < 1.29 is 9.90 Å². The lowest BCUT2D eigenvalue weighted by atomic mass is 9.93. The second kappa shape index (κ2) is 5.19. The van der Waals surface area contributed by atoms with Crippen LogP contribution in [-0.2, 0) is 16.0 Å². The van der Waals surface area contributed by atoms with Gasteiger partial charge < -0.3 is 5.11 Å². The van der Waals surface area contributed by atoms with Crippen LogP contribution in [0.4, 0.5) is 0 Å². The van der Waals surface area contributed by atoms with Crippen molar-refractivity contribution in [3.63, 3.8) is 0 Å². The molecule has 1 atom stereocenters. The molecule has 0 saturated heterocycles. The lowest BCUT2D eigenvalue weighted by Gasteiger charge is -2.14. The van der Waals surface area contributed by atoms with Gasteiger partial charge >= 0.3 is 5.97 Å². The number of aliphatic carboxylic acids is 1. The maximum Gasteiger partial charge on any atom is 0.316 e. The molecule has 1 heterocycles. The molecule has 1 unspecified atom stereocenters. The number of thiazole rings is 1. The van der Waals surface area contributed by atoms with E-state index in [1.54, 1.807) is 18.3 Å². The maximum absolute atomic E-state index is 10.6. The van der Waals surface area contributed by atoms with Crippen molar-refractivity contribution in [2.45, 2.75) is 44.1 Å². The molecule has 0 radical (unpaired) electrons. The third kappa shape index (κ3) is 3.79. The van der Waals surface area contributed by atoms with Gasteiger partial charge in [0.25, 0.3) is 0 Å². The second-order valence-corrected chi connectivity index (χ2v) is 6.94. The highest BCUT2D eigenvalue weighted by atomic mass is 32.2. The molecule has 90 valence electrons. The van der Waals surface area contributed by atoms with Gasteiger partial charge in [-0.25, -0.2) is 4.98 Å². The zero-order valence-corrected chi connectivity index (χ0v) is 11.6. The summed E-state index contributed by atoms with van der Waals surface area (Å²) in [6, 6.07) is 0. The van der Waals surface area contributed by atoms with Gasteiger partial charge in [0.2, 0.25) is 0 Å². The monoisotopic (exact) mass is 259 g/mol.